The first-order valence-electron chi connectivity index (χ1n) is 13.8. The van der Waals surface area contributed by atoms with E-state index in [2.05, 4.69) is 10.6 Å². The van der Waals surface area contributed by atoms with Crippen LogP contribution < -0.4 is 15.5 Å². The van der Waals surface area contributed by atoms with Crippen LogP contribution in [0.5, 0.6) is 0 Å². The molecule has 3 amide bonds. The first kappa shape index (κ1) is 29.5. The van der Waals surface area contributed by atoms with Gasteiger partial charge in [0.15, 0.2) is 0 Å². The summed E-state index contributed by atoms with van der Waals surface area (Å²) in [5, 5.41) is 9.07. The summed E-state index contributed by atoms with van der Waals surface area (Å²) in [7, 11) is 0. The zero-order valence-electron chi connectivity index (χ0n) is 23.6. The molecule has 0 saturated carbocycles. The van der Waals surface area contributed by atoms with Crippen LogP contribution in [0.25, 0.3) is 6.08 Å². The van der Waals surface area contributed by atoms with Crippen molar-refractivity contribution in [2.45, 2.75) is 26.9 Å². The van der Waals surface area contributed by atoms with Crippen LogP contribution in [0, 0.1) is 0 Å². The molecule has 0 fully saturated rings. The highest BCUT2D eigenvalue weighted by Gasteiger charge is 2.31. The molecule has 1 aliphatic heterocycles. The molecule has 1 aromatic heterocycles. The molecular weight excluding hydrogens is 607 g/mol. The Morgan fingerprint density at radius 3 is 2.18 bits per heavy atom. The molecule has 4 aromatic carbocycles. The Balaban J connectivity index is 1.19. The minimum absolute atomic E-state index is 0.0331. The van der Waals surface area contributed by atoms with Crippen LogP contribution in [0.1, 0.15) is 22.8 Å². The molecule has 44 heavy (non-hydrogen) atoms. The third kappa shape index (κ3) is 6.65. The highest BCUT2D eigenvalue weighted by Crippen LogP contribution is 2.48. The van der Waals surface area contributed by atoms with Crippen LogP contribution in [-0.2, 0) is 9.59 Å². The van der Waals surface area contributed by atoms with E-state index in [-0.39, 0.29) is 17.5 Å². The number of hydrogen-bond donors (Lipinski definition) is 2. The van der Waals surface area contributed by atoms with E-state index in [0.29, 0.717) is 11.3 Å². The Bertz CT molecular complexity index is 1810. The fourth-order valence-corrected chi connectivity index (χ4v) is 7.33. The zero-order valence-corrected chi connectivity index (χ0v) is 26.0. The number of carbonyl (C=O) groups excluding carboxylic acids is 3. The van der Waals surface area contributed by atoms with E-state index in [0.717, 1.165) is 31.6 Å². The quantitative estimate of drug-likeness (QED) is 0.132. The zero-order chi connectivity index (χ0) is 30.5. The maximum Gasteiger partial charge on any atom is 0.272 e. The molecule has 1 aliphatic rings. The molecule has 5 aromatic rings. The summed E-state index contributed by atoms with van der Waals surface area (Å²) in [4.78, 5) is 45.0. The minimum atomic E-state index is -0.453. The highest BCUT2D eigenvalue weighted by atomic mass is 32.2. The van der Waals surface area contributed by atoms with E-state index in [9.17, 15) is 14.4 Å². The lowest BCUT2D eigenvalue weighted by Gasteiger charge is -2.32. The number of benzene rings is 4. The Morgan fingerprint density at radius 1 is 0.818 bits per heavy atom. The van der Waals surface area contributed by atoms with Crippen molar-refractivity contribution in [3.63, 3.8) is 0 Å². The highest BCUT2D eigenvalue weighted by molar-refractivity contribution is 8.00. The van der Waals surface area contributed by atoms with Crippen LogP contribution in [-0.4, -0.2) is 23.0 Å². The first-order chi connectivity index (χ1) is 21.5. The lowest BCUT2D eigenvalue weighted by atomic mass is 10.2. The van der Waals surface area contributed by atoms with Gasteiger partial charge < -0.3 is 10.6 Å². The molecule has 2 N–H and O–H groups in total. The Labute approximate surface area is 268 Å². The van der Waals surface area contributed by atoms with Gasteiger partial charge in [-0.15, -0.1) is 11.8 Å². The fraction of sp³-hybridized carbons (Fsp3) is 0.0571. The number of amides is 3. The molecule has 1 unspecified atom stereocenters. The van der Waals surface area contributed by atoms with Crippen LogP contribution >= 0.6 is 34.9 Å². The number of anilines is 3. The average Bonchev–Trinajstić information content (AvgIpc) is 3.57. The number of thiophene rings is 1. The van der Waals surface area contributed by atoms with Gasteiger partial charge in [-0.2, -0.15) is 11.3 Å². The van der Waals surface area contributed by atoms with Crippen LogP contribution in [0.4, 0.5) is 17.1 Å². The predicted molar refractivity (Wildman–Crippen MR) is 181 cm³/mol. The second-order valence-corrected chi connectivity index (χ2v) is 13.2. The largest absolute Gasteiger partial charge is 0.321 e. The summed E-state index contributed by atoms with van der Waals surface area (Å²) in [5.41, 5.74) is 3.68. The van der Waals surface area contributed by atoms with Crippen molar-refractivity contribution in [1.82, 2.24) is 5.32 Å². The van der Waals surface area contributed by atoms with E-state index in [1.807, 2.05) is 96.5 Å². The van der Waals surface area contributed by atoms with E-state index >= 15 is 0 Å². The summed E-state index contributed by atoms with van der Waals surface area (Å²) in [5.74, 6) is -0.863. The number of nitrogens with zero attached hydrogens (tertiary/aromatic N) is 1. The number of nitrogens with one attached hydrogen (secondary N) is 2. The standard InChI is InChI=1S/C35H27N3O3S3/c1-23(35(41)38-29-14-5-7-16-31(29)44-32-17-8-6-15-30(32)38)43-27-13-9-12-26(21-27)36-34(40)28(20-24-18-19-42-22-24)37-33(39)25-10-3-2-4-11-25/h2-23H,1H3,(H,36,40)(H,37,39)/b28-20+. The number of carbonyl (C=O) groups is 3. The third-order valence-corrected chi connectivity index (χ3v) is 9.70. The summed E-state index contributed by atoms with van der Waals surface area (Å²) in [6.45, 7) is 1.89. The smallest absolute Gasteiger partial charge is 0.272 e. The lowest BCUT2D eigenvalue weighted by Crippen LogP contribution is -2.34. The molecule has 2 heterocycles. The second kappa shape index (κ2) is 13.4. The molecule has 1 atom stereocenters. The summed E-state index contributed by atoms with van der Waals surface area (Å²) in [6, 6.07) is 33.9. The van der Waals surface area contributed by atoms with Gasteiger partial charge in [-0.3, -0.25) is 19.3 Å². The fourth-order valence-electron chi connectivity index (χ4n) is 4.69. The summed E-state index contributed by atoms with van der Waals surface area (Å²) in [6.07, 6.45) is 1.65. The normalized spacial score (nSPS) is 12.9. The molecule has 0 spiro atoms. The maximum atomic E-state index is 13.9. The van der Waals surface area contributed by atoms with Gasteiger partial charge in [-0.05, 0) is 90.0 Å². The van der Waals surface area contributed by atoms with Gasteiger partial charge in [0, 0.05) is 25.9 Å². The Kier molecular flexibility index (Phi) is 8.97. The number of thioether (sulfide) groups is 1. The molecule has 0 bridgehead atoms. The lowest BCUT2D eigenvalue weighted by molar-refractivity contribution is -0.117. The van der Waals surface area contributed by atoms with Crippen molar-refractivity contribution in [2.24, 2.45) is 0 Å². The molecule has 0 aliphatic carbocycles. The molecular formula is C35H27N3O3S3. The molecule has 0 radical (unpaired) electrons. The maximum absolute atomic E-state index is 13.9. The number of hydrogen-bond acceptors (Lipinski definition) is 6. The molecule has 9 heteroatoms. The second-order valence-electron chi connectivity index (χ2n) is 9.89. The van der Waals surface area contributed by atoms with Crippen molar-refractivity contribution in [3.8, 4) is 0 Å². The van der Waals surface area contributed by atoms with Crippen molar-refractivity contribution in [1.29, 1.82) is 0 Å². The van der Waals surface area contributed by atoms with Gasteiger partial charge in [-0.25, -0.2) is 0 Å². The monoisotopic (exact) mass is 633 g/mol. The van der Waals surface area contributed by atoms with Crippen molar-refractivity contribution < 1.29 is 14.4 Å². The van der Waals surface area contributed by atoms with Crippen LogP contribution in [0.15, 0.2) is 140 Å². The number of para-hydroxylation sites is 2. The predicted octanol–water partition coefficient (Wildman–Crippen LogP) is 8.47. The SMILES string of the molecule is CC(Sc1cccc(NC(=O)/C(=C\c2ccsc2)NC(=O)c2ccccc2)c1)C(=O)N1c2ccccc2Sc2ccccc21. The summed E-state index contributed by atoms with van der Waals surface area (Å²) >= 11 is 4.59. The average molecular weight is 634 g/mol. The third-order valence-electron chi connectivity index (χ3n) is 6.79. The van der Waals surface area contributed by atoms with Gasteiger partial charge in [0.05, 0.1) is 16.6 Å². The van der Waals surface area contributed by atoms with Gasteiger partial charge in [-0.1, -0.05) is 60.3 Å². The van der Waals surface area contributed by atoms with Gasteiger partial charge in [0.25, 0.3) is 11.8 Å². The molecule has 6 rings (SSSR count). The topological polar surface area (TPSA) is 78.5 Å². The van der Waals surface area contributed by atoms with E-state index in [1.165, 1.54) is 23.1 Å². The van der Waals surface area contributed by atoms with E-state index < -0.39 is 11.2 Å². The van der Waals surface area contributed by atoms with Gasteiger partial charge in [0.1, 0.15) is 5.70 Å². The van der Waals surface area contributed by atoms with Gasteiger partial charge >= 0.3 is 0 Å². The summed E-state index contributed by atoms with van der Waals surface area (Å²) < 4.78 is 0. The minimum Gasteiger partial charge on any atom is -0.321 e. The van der Waals surface area contributed by atoms with Crippen molar-refractivity contribution >= 4 is 75.7 Å². The van der Waals surface area contributed by atoms with Crippen molar-refractivity contribution in [3.05, 3.63) is 137 Å². The Morgan fingerprint density at radius 2 is 1.50 bits per heavy atom. The Hall–Kier alpha value is -4.57. The number of fused-ring (bicyclic) bond motifs is 2. The molecule has 0 saturated heterocycles. The van der Waals surface area contributed by atoms with Crippen LogP contribution in [0.2, 0.25) is 0 Å². The van der Waals surface area contributed by atoms with Crippen LogP contribution in [0.3, 0.4) is 0 Å². The molecule has 218 valence electrons. The van der Waals surface area contributed by atoms with E-state index in [4.69, 9.17) is 0 Å². The number of rotatable bonds is 8. The van der Waals surface area contributed by atoms with Gasteiger partial charge in [0.2, 0.25) is 5.91 Å². The molecule has 6 nitrogen and oxygen atoms in total. The van der Waals surface area contributed by atoms with Crippen molar-refractivity contribution in [2.75, 3.05) is 10.2 Å². The first-order valence-corrected chi connectivity index (χ1v) is 16.5. The van der Waals surface area contributed by atoms with E-state index in [1.54, 1.807) is 53.1 Å².